The quantitative estimate of drug-likeness (QED) is 0.782. The second-order valence-corrected chi connectivity index (χ2v) is 4.12. The van der Waals surface area contributed by atoms with E-state index in [-0.39, 0.29) is 5.91 Å². The number of carbonyl (C=O) groups excluding carboxylic acids is 1. The zero-order valence-electron chi connectivity index (χ0n) is 8.96. The molecule has 0 aliphatic carbocycles. The summed E-state index contributed by atoms with van der Waals surface area (Å²) >= 11 is 1.46. The molecule has 3 nitrogen and oxygen atoms in total. The minimum Gasteiger partial charge on any atom is -0.292 e. The fraction of sp³-hybridized carbons (Fsp3) is 0.167. The highest BCUT2D eigenvalue weighted by Crippen LogP contribution is 2.05. The van der Waals surface area contributed by atoms with E-state index < -0.39 is 0 Å². The van der Waals surface area contributed by atoms with Gasteiger partial charge in [-0.1, -0.05) is 25.1 Å². The molecule has 0 spiro atoms. The van der Waals surface area contributed by atoms with E-state index in [0.717, 1.165) is 10.5 Å². The third kappa shape index (κ3) is 2.28. The summed E-state index contributed by atoms with van der Waals surface area (Å²) in [5.74, 6) is -0.0906. The Hall–Kier alpha value is -1.68. The van der Waals surface area contributed by atoms with Crippen LogP contribution in [0.15, 0.2) is 46.9 Å². The molecule has 2 rings (SSSR count). The van der Waals surface area contributed by atoms with Crippen LogP contribution in [0.5, 0.6) is 0 Å². The molecule has 0 atom stereocenters. The standard InChI is InChI=1S/C12H12N2OS/c1-2-11(15)13-12-14(8-9-16-12)10-6-4-3-5-7-10/h3-9H,2H2,1H3. The fourth-order valence-corrected chi connectivity index (χ4v) is 2.06. The summed E-state index contributed by atoms with van der Waals surface area (Å²) in [6.45, 7) is 1.81. The van der Waals surface area contributed by atoms with Gasteiger partial charge in [0, 0.05) is 23.7 Å². The molecule has 1 heterocycles. The second-order valence-electron chi connectivity index (χ2n) is 3.25. The highest BCUT2D eigenvalue weighted by atomic mass is 32.1. The first-order chi connectivity index (χ1) is 7.81. The minimum absolute atomic E-state index is 0.0906. The van der Waals surface area contributed by atoms with Crippen molar-refractivity contribution in [3.8, 4) is 5.69 Å². The van der Waals surface area contributed by atoms with Crippen molar-refractivity contribution < 1.29 is 4.79 Å². The Labute approximate surface area is 97.7 Å². The monoisotopic (exact) mass is 232 g/mol. The largest absolute Gasteiger partial charge is 0.292 e. The molecule has 82 valence electrons. The van der Waals surface area contributed by atoms with Gasteiger partial charge in [0.1, 0.15) is 0 Å². The van der Waals surface area contributed by atoms with E-state index in [1.165, 1.54) is 11.3 Å². The number of thiazole rings is 1. The lowest BCUT2D eigenvalue weighted by atomic mass is 10.3. The number of aromatic nitrogens is 1. The number of amides is 1. The van der Waals surface area contributed by atoms with Gasteiger partial charge in [0.15, 0.2) is 4.80 Å². The van der Waals surface area contributed by atoms with Crippen LogP contribution in [0.2, 0.25) is 0 Å². The van der Waals surface area contributed by atoms with Gasteiger partial charge in [-0.2, -0.15) is 4.99 Å². The van der Waals surface area contributed by atoms with E-state index in [1.54, 1.807) is 0 Å². The van der Waals surface area contributed by atoms with Gasteiger partial charge >= 0.3 is 0 Å². The number of para-hydroxylation sites is 1. The summed E-state index contributed by atoms with van der Waals surface area (Å²) < 4.78 is 1.91. The van der Waals surface area contributed by atoms with Crippen molar-refractivity contribution in [3.63, 3.8) is 0 Å². The molecular formula is C12H12N2OS. The van der Waals surface area contributed by atoms with Gasteiger partial charge in [0.25, 0.3) is 0 Å². The molecule has 0 aliphatic rings. The van der Waals surface area contributed by atoms with E-state index in [1.807, 2.05) is 53.4 Å². The maximum Gasteiger partial charge on any atom is 0.248 e. The van der Waals surface area contributed by atoms with Crippen molar-refractivity contribution >= 4 is 17.2 Å². The minimum atomic E-state index is -0.0906. The van der Waals surface area contributed by atoms with Crippen molar-refractivity contribution in [2.75, 3.05) is 0 Å². The topological polar surface area (TPSA) is 34.4 Å². The SMILES string of the molecule is CCC(=O)N=c1sccn1-c1ccccc1. The summed E-state index contributed by atoms with van der Waals surface area (Å²) in [7, 11) is 0. The van der Waals surface area contributed by atoms with Gasteiger partial charge < -0.3 is 0 Å². The highest BCUT2D eigenvalue weighted by molar-refractivity contribution is 7.07. The summed E-state index contributed by atoms with van der Waals surface area (Å²) in [5.41, 5.74) is 1.02. The molecule has 1 amide bonds. The molecule has 4 heteroatoms. The van der Waals surface area contributed by atoms with Gasteiger partial charge in [-0.3, -0.25) is 9.36 Å². The molecule has 0 aliphatic heterocycles. The van der Waals surface area contributed by atoms with Gasteiger partial charge in [0.2, 0.25) is 5.91 Å². The average molecular weight is 232 g/mol. The van der Waals surface area contributed by atoms with Crippen molar-refractivity contribution in [2.45, 2.75) is 13.3 Å². The molecule has 2 aromatic rings. The van der Waals surface area contributed by atoms with Crippen LogP contribution in [-0.2, 0) is 4.79 Å². The van der Waals surface area contributed by atoms with Crippen LogP contribution in [0, 0.1) is 0 Å². The van der Waals surface area contributed by atoms with Crippen molar-refractivity contribution in [1.29, 1.82) is 0 Å². The predicted octanol–water partition coefficient (Wildman–Crippen LogP) is 2.38. The van der Waals surface area contributed by atoms with Crippen LogP contribution in [-0.4, -0.2) is 10.5 Å². The van der Waals surface area contributed by atoms with Gasteiger partial charge in [-0.15, -0.1) is 11.3 Å². The number of benzene rings is 1. The number of nitrogens with zero attached hydrogens (tertiary/aromatic N) is 2. The van der Waals surface area contributed by atoms with Crippen LogP contribution in [0.25, 0.3) is 5.69 Å². The van der Waals surface area contributed by atoms with Gasteiger partial charge in [-0.25, -0.2) is 0 Å². The predicted molar refractivity (Wildman–Crippen MR) is 64.5 cm³/mol. The highest BCUT2D eigenvalue weighted by Gasteiger charge is 2.00. The molecule has 0 fully saturated rings. The molecule has 16 heavy (non-hydrogen) atoms. The molecular weight excluding hydrogens is 220 g/mol. The first-order valence-electron chi connectivity index (χ1n) is 5.10. The average Bonchev–Trinajstić information content (AvgIpc) is 2.78. The molecule has 0 saturated heterocycles. The number of rotatable bonds is 2. The van der Waals surface area contributed by atoms with Gasteiger partial charge in [0.05, 0.1) is 0 Å². The van der Waals surface area contributed by atoms with Gasteiger partial charge in [-0.05, 0) is 12.1 Å². The first kappa shape index (κ1) is 10.8. The molecule has 0 saturated carbocycles. The Kier molecular flexibility index (Phi) is 3.31. The van der Waals surface area contributed by atoms with E-state index in [2.05, 4.69) is 4.99 Å². The lowest BCUT2D eigenvalue weighted by Gasteiger charge is -2.00. The summed E-state index contributed by atoms with van der Waals surface area (Å²) in [5, 5.41) is 1.93. The molecule has 0 radical (unpaired) electrons. The summed E-state index contributed by atoms with van der Waals surface area (Å²) in [4.78, 5) is 16.1. The fourth-order valence-electron chi connectivity index (χ4n) is 1.32. The number of hydrogen-bond donors (Lipinski definition) is 0. The number of carbonyl (C=O) groups is 1. The van der Waals surface area contributed by atoms with E-state index >= 15 is 0 Å². The Bertz CT molecular complexity index is 539. The van der Waals surface area contributed by atoms with E-state index in [9.17, 15) is 4.79 Å². The molecule has 1 aromatic carbocycles. The molecule has 0 unspecified atom stereocenters. The number of hydrogen-bond acceptors (Lipinski definition) is 2. The molecule has 0 N–H and O–H groups in total. The van der Waals surface area contributed by atoms with Crippen molar-refractivity contribution in [3.05, 3.63) is 46.7 Å². The normalized spacial score (nSPS) is 11.7. The Morgan fingerprint density at radius 3 is 2.81 bits per heavy atom. The second kappa shape index (κ2) is 4.90. The lowest BCUT2D eigenvalue weighted by molar-refractivity contribution is -0.117. The zero-order valence-corrected chi connectivity index (χ0v) is 9.78. The lowest BCUT2D eigenvalue weighted by Crippen LogP contribution is -2.13. The van der Waals surface area contributed by atoms with Crippen molar-refractivity contribution in [1.82, 2.24) is 4.57 Å². The zero-order chi connectivity index (χ0) is 11.4. The molecule has 1 aromatic heterocycles. The maximum atomic E-state index is 11.3. The maximum absolute atomic E-state index is 11.3. The molecule has 0 bridgehead atoms. The van der Waals surface area contributed by atoms with Crippen LogP contribution < -0.4 is 4.80 Å². The summed E-state index contributed by atoms with van der Waals surface area (Å²) in [6.07, 6.45) is 2.36. The Balaban J connectivity index is 2.48. The van der Waals surface area contributed by atoms with E-state index in [4.69, 9.17) is 0 Å². The third-order valence-electron chi connectivity index (χ3n) is 2.15. The Morgan fingerprint density at radius 2 is 2.12 bits per heavy atom. The summed E-state index contributed by atoms with van der Waals surface area (Å²) in [6, 6.07) is 9.87. The van der Waals surface area contributed by atoms with E-state index in [0.29, 0.717) is 6.42 Å². The Morgan fingerprint density at radius 1 is 1.38 bits per heavy atom. The first-order valence-corrected chi connectivity index (χ1v) is 5.98. The van der Waals surface area contributed by atoms with Crippen molar-refractivity contribution in [2.24, 2.45) is 4.99 Å². The van der Waals surface area contributed by atoms with Crippen LogP contribution in [0.4, 0.5) is 0 Å². The van der Waals surface area contributed by atoms with Crippen LogP contribution in [0.3, 0.4) is 0 Å². The van der Waals surface area contributed by atoms with Crippen LogP contribution in [0.1, 0.15) is 13.3 Å². The smallest absolute Gasteiger partial charge is 0.248 e. The third-order valence-corrected chi connectivity index (χ3v) is 2.90. The van der Waals surface area contributed by atoms with Crippen LogP contribution >= 0.6 is 11.3 Å².